The quantitative estimate of drug-likeness (QED) is 0.798. The van der Waals surface area contributed by atoms with Gasteiger partial charge < -0.3 is 24.4 Å². The van der Waals surface area contributed by atoms with E-state index in [9.17, 15) is 15.0 Å². The van der Waals surface area contributed by atoms with E-state index in [1.807, 2.05) is 0 Å². The Morgan fingerprint density at radius 3 is 2.53 bits per heavy atom. The molecular formula is C12H15BrO6. The van der Waals surface area contributed by atoms with Crippen LogP contribution in [0.3, 0.4) is 0 Å². The molecule has 1 atom stereocenters. The summed E-state index contributed by atoms with van der Waals surface area (Å²) in [7, 11) is 2.81. The molecule has 0 radical (unpaired) electrons. The van der Waals surface area contributed by atoms with Crippen LogP contribution in [0.25, 0.3) is 0 Å². The lowest BCUT2D eigenvalue weighted by Gasteiger charge is -2.17. The predicted octanol–water partition coefficient (Wildman–Crippen LogP) is 1.77. The van der Waals surface area contributed by atoms with Gasteiger partial charge in [-0.25, -0.2) is 4.79 Å². The van der Waals surface area contributed by atoms with E-state index in [1.165, 1.54) is 20.3 Å². The van der Waals surface area contributed by atoms with Crippen LogP contribution in [0.15, 0.2) is 10.5 Å². The Hall–Kier alpha value is -1.47. The van der Waals surface area contributed by atoms with Gasteiger partial charge in [0, 0.05) is 5.56 Å². The second-order valence-electron chi connectivity index (χ2n) is 3.52. The minimum absolute atomic E-state index is 0.0250. The van der Waals surface area contributed by atoms with Gasteiger partial charge in [0.1, 0.15) is 10.2 Å². The molecule has 0 bridgehead atoms. The molecule has 1 aromatic carbocycles. The van der Waals surface area contributed by atoms with E-state index < -0.39 is 12.1 Å². The number of ether oxygens (including phenoxy) is 3. The maximum atomic E-state index is 11.5. The van der Waals surface area contributed by atoms with Crippen molar-refractivity contribution in [1.29, 1.82) is 0 Å². The first-order valence-corrected chi connectivity index (χ1v) is 6.25. The summed E-state index contributed by atoms with van der Waals surface area (Å²) in [6.45, 7) is 1.75. The van der Waals surface area contributed by atoms with Crippen molar-refractivity contribution in [1.82, 2.24) is 0 Å². The SMILES string of the molecule is CCOC(=O)C(O)c1cc(OC)c(OC)c(Br)c1O. The summed E-state index contributed by atoms with van der Waals surface area (Å²) < 4.78 is 15.0. The standard InChI is InChI=1S/C12H15BrO6/c1-4-19-12(16)10(15)6-5-7(17-2)11(18-3)8(13)9(6)14/h5,10,14-15H,4H2,1-3H3. The fourth-order valence-electron chi connectivity index (χ4n) is 1.52. The molecule has 0 aliphatic carbocycles. The zero-order chi connectivity index (χ0) is 14.6. The van der Waals surface area contributed by atoms with E-state index in [1.54, 1.807) is 6.92 Å². The highest BCUT2D eigenvalue weighted by atomic mass is 79.9. The molecule has 0 aromatic heterocycles. The third-order valence-electron chi connectivity index (χ3n) is 2.42. The number of phenols is 1. The predicted molar refractivity (Wildman–Crippen MR) is 70.5 cm³/mol. The van der Waals surface area contributed by atoms with Crippen LogP contribution in [0.4, 0.5) is 0 Å². The number of carbonyl (C=O) groups is 1. The van der Waals surface area contributed by atoms with Crippen LogP contribution in [0.1, 0.15) is 18.6 Å². The highest BCUT2D eigenvalue weighted by molar-refractivity contribution is 9.10. The fraction of sp³-hybridized carbons (Fsp3) is 0.417. The van der Waals surface area contributed by atoms with E-state index in [0.717, 1.165) is 0 Å². The van der Waals surface area contributed by atoms with Crippen molar-refractivity contribution < 1.29 is 29.2 Å². The highest BCUT2D eigenvalue weighted by Gasteiger charge is 2.27. The Kier molecular flexibility index (Phi) is 5.44. The van der Waals surface area contributed by atoms with Gasteiger partial charge in [-0.1, -0.05) is 0 Å². The van der Waals surface area contributed by atoms with Gasteiger partial charge >= 0.3 is 5.97 Å². The molecule has 0 spiro atoms. The van der Waals surface area contributed by atoms with Crippen LogP contribution in [-0.4, -0.2) is 37.0 Å². The van der Waals surface area contributed by atoms with Crippen LogP contribution in [0, 0.1) is 0 Å². The van der Waals surface area contributed by atoms with Crippen LogP contribution in [0.5, 0.6) is 17.2 Å². The van der Waals surface area contributed by atoms with Crippen LogP contribution in [-0.2, 0) is 9.53 Å². The summed E-state index contributed by atoms with van der Waals surface area (Å²) in [4.78, 5) is 11.5. The van der Waals surface area contributed by atoms with Crippen molar-refractivity contribution in [3.63, 3.8) is 0 Å². The molecule has 0 aliphatic heterocycles. The van der Waals surface area contributed by atoms with Gasteiger partial charge in [0.05, 0.1) is 20.8 Å². The number of aromatic hydroxyl groups is 1. The average Bonchev–Trinajstić information content (AvgIpc) is 2.41. The zero-order valence-electron chi connectivity index (χ0n) is 10.8. The van der Waals surface area contributed by atoms with E-state index in [2.05, 4.69) is 15.9 Å². The number of hydrogen-bond donors (Lipinski definition) is 2. The van der Waals surface area contributed by atoms with Crippen molar-refractivity contribution in [3.8, 4) is 17.2 Å². The Morgan fingerprint density at radius 1 is 1.42 bits per heavy atom. The topological polar surface area (TPSA) is 85.2 Å². The second-order valence-corrected chi connectivity index (χ2v) is 4.31. The van der Waals surface area contributed by atoms with Gasteiger partial charge in [-0.05, 0) is 28.9 Å². The minimum Gasteiger partial charge on any atom is -0.506 e. The molecule has 19 heavy (non-hydrogen) atoms. The molecule has 7 heteroatoms. The fourth-order valence-corrected chi connectivity index (χ4v) is 2.10. The molecule has 0 amide bonds. The summed E-state index contributed by atoms with van der Waals surface area (Å²) >= 11 is 3.12. The van der Waals surface area contributed by atoms with Gasteiger partial charge in [-0.2, -0.15) is 0 Å². The van der Waals surface area contributed by atoms with Crippen molar-refractivity contribution in [3.05, 3.63) is 16.1 Å². The number of esters is 1. The van der Waals surface area contributed by atoms with Gasteiger partial charge in [-0.3, -0.25) is 0 Å². The number of halogens is 1. The number of methoxy groups -OCH3 is 2. The lowest BCUT2D eigenvalue weighted by molar-refractivity contribution is -0.153. The van der Waals surface area contributed by atoms with E-state index in [0.29, 0.717) is 0 Å². The first-order chi connectivity index (χ1) is 8.97. The number of aliphatic hydroxyl groups is 1. The van der Waals surface area contributed by atoms with Gasteiger partial charge in [0.15, 0.2) is 17.6 Å². The molecule has 0 aliphatic rings. The summed E-state index contributed by atoms with van der Waals surface area (Å²) in [6.07, 6.45) is -1.60. The van der Waals surface area contributed by atoms with Crippen LogP contribution < -0.4 is 9.47 Å². The Balaban J connectivity index is 3.29. The molecule has 1 aromatic rings. The Bertz CT molecular complexity index is 474. The molecule has 1 unspecified atom stereocenters. The summed E-state index contributed by atoms with van der Waals surface area (Å²) in [5.74, 6) is -0.625. The van der Waals surface area contributed by atoms with E-state index >= 15 is 0 Å². The second kappa shape index (κ2) is 6.63. The molecule has 6 nitrogen and oxygen atoms in total. The molecule has 0 saturated heterocycles. The number of benzene rings is 1. The van der Waals surface area contributed by atoms with Gasteiger partial charge in [-0.15, -0.1) is 0 Å². The molecule has 0 fully saturated rings. The average molecular weight is 335 g/mol. The zero-order valence-corrected chi connectivity index (χ0v) is 12.4. The van der Waals surface area contributed by atoms with Crippen molar-refractivity contribution in [2.45, 2.75) is 13.0 Å². The molecule has 2 N–H and O–H groups in total. The van der Waals surface area contributed by atoms with E-state index in [-0.39, 0.29) is 33.9 Å². The number of rotatable bonds is 5. The van der Waals surface area contributed by atoms with Crippen molar-refractivity contribution in [2.24, 2.45) is 0 Å². The summed E-state index contributed by atoms with van der Waals surface area (Å²) in [5.41, 5.74) is -0.0250. The molecule has 106 valence electrons. The number of aliphatic hydroxyl groups excluding tert-OH is 1. The Morgan fingerprint density at radius 2 is 2.05 bits per heavy atom. The van der Waals surface area contributed by atoms with E-state index in [4.69, 9.17) is 14.2 Å². The number of hydrogen-bond acceptors (Lipinski definition) is 6. The largest absolute Gasteiger partial charge is 0.506 e. The summed E-state index contributed by atoms with van der Waals surface area (Å²) in [5, 5.41) is 19.8. The van der Waals surface area contributed by atoms with Gasteiger partial charge in [0.25, 0.3) is 0 Å². The van der Waals surface area contributed by atoms with Crippen LogP contribution in [0.2, 0.25) is 0 Å². The van der Waals surface area contributed by atoms with Gasteiger partial charge in [0.2, 0.25) is 0 Å². The lowest BCUT2D eigenvalue weighted by Crippen LogP contribution is -2.16. The van der Waals surface area contributed by atoms with Crippen molar-refractivity contribution >= 4 is 21.9 Å². The molecule has 0 heterocycles. The number of carbonyl (C=O) groups excluding carboxylic acids is 1. The Labute approximate surface area is 119 Å². The summed E-state index contributed by atoms with van der Waals surface area (Å²) in [6, 6.07) is 1.32. The third kappa shape index (κ3) is 3.10. The highest BCUT2D eigenvalue weighted by Crippen LogP contribution is 2.45. The maximum Gasteiger partial charge on any atom is 0.339 e. The normalized spacial score (nSPS) is 11.8. The smallest absolute Gasteiger partial charge is 0.339 e. The van der Waals surface area contributed by atoms with Crippen LogP contribution >= 0.6 is 15.9 Å². The monoisotopic (exact) mass is 334 g/mol. The first-order valence-electron chi connectivity index (χ1n) is 5.45. The molecular weight excluding hydrogens is 320 g/mol. The first kappa shape index (κ1) is 15.6. The van der Waals surface area contributed by atoms with Crippen molar-refractivity contribution in [2.75, 3.05) is 20.8 Å². The molecule has 1 rings (SSSR count). The third-order valence-corrected chi connectivity index (χ3v) is 3.16. The minimum atomic E-state index is -1.60. The lowest BCUT2D eigenvalue weighted by atomic mass is 10.1. The number of phenolic OH excluding ortho intramolecular Hbond substituents is 1. The molecule has 0 saturated carbocycles. The maximum absolute atomic E-state index is 11.5.